The predicted molar refractivity (Wildman–Crippen MR) is 75.4 cm³/mol. The van der Waals surface area contributed by atoms with Crippen molar-refractivity contribution in [3.63, 3.8) is 0 Å². The van der Waals surface area contributed by atoms with Gasteiger partial charge in [0.1, 0.15) is 11.5 Å². The smallest absolute Gasteiger partial charge is 0.138 e. The van der Waals surface area contributed by atoms with Crippen LogP contribution in [0.2, 0.25) is 0 Å². The van der Waals surface area contributed by atoms with E-state index in [9.17, 15) is 0 Å². The van der Waals surface area contributed by atoms with Gasteiger partial charge in [0.15, 0.2) is 0 Å². The second-order valence-electron chi connectivity index (χ2n) is 5.36. The average molecular weight is 291 g/mol. The van der Waals surface area contributed by atoms with E-state index < -0.39 is 0 Å². The molecule has 2 aromatic rings. The largest absolute Gasteiger partial charge is 0.375 e. The average Bonchev–Trinajstić information content (AvgIpc) is 3.03. The molecule has 0 aromatic carbocycles. The lowest BCUT2D eigenvalue weighted by atomic mass is 10.1. The van der Waals surface area contributed by atoms with Crippen LogP contribution in [-0.4, -0.2) is 38.2 Å². The number of ether oxygens (including phenoxy) is 1. The summed E-state index contributed by atoms with van der Waals surface area (Å²) in [6.07, 6.45) is 0. The van der Waals surface area contributed by atoms with Gasteiger partial charge in [-0.15, -0.1) is 5.10 Å². The van der Waals surface area contributed by atoms with Crippen LogP contribution in [0.5, 0.6) is 0 Å². The molecule has 1 aliphatic heterocycles. The number of rotatable bonds is 5. The van der Waals surface area contributed by atoms with Gasteiger partial charge < -0.3 is 9.26 Å². The quantitative estimate of drug-likeness (QED) is 0.830. The van der Waals surface area contributed by atoms with Crippen LogP contribution in [0.15, 0.2) is 4.52 Å². The molecule has 3 heterocycles. The van der Waals surface area contributed by atoms with E-state index in [4.69, 9.17) is 9.26 Å². The number of aryl methyl sites for hydroxylation is 2. The van der Waals surface area contributed by atoms with Crippen molar-refractivity contribution in [3.8, 4) is 0 Å². The molecule has 0 radical (unpaired) electrons. The van der Waals surface area contributed by atoms with E-state index in [-0.39, 0.29) is 0 Å². The van der Waals surface area contributed by atoms with Gasteiger partial charge in [-0.25, -0.2) is 4.68 Å². The second kappa shape index (κ2) is 5.95. The molecule has 3 rings (SSSR count). The van der Waals surface area contributed by atoms with E-state index in [0.29, 0.717) is 13.2 Å². The predicted octanol–water partition coefficient (Wildman–Crippen LogP) is 1.44. The standard InChI is InChI=1S/C14H21N5O2/c1-4-20-9-13-14-8-18(5-6-19(14)17-15-13)7-12-10(2)16-21-11(12)3/h4-9H2,1-3H3. The van der Waals surface area contributed by atoms with E-state index in [0.717, 1.165) is 49.0 Å². The zero-order valence-corrected chi connectivity index (χ0v) is 12.8. The summed E-state index contributed by atoms with van der Waals surface area (Å²) in [4.78, 5) is 2.38. The van der Waals surface area contributed by atoms with Crippen LogP contribution in [0.25, 0.3) is 0 Å². The van der Waals surface area contributed by atoms with E-state index >= 15 is 0 Å². The Labute approximate surface area is 123 Å². The monoisotopic (exact) mass is 291 g/mol. The molecule has 0 fully saturated rings. The van der Waals surface area contributed by atoms with Crippen molar-refractivity contribution in [2.45, 2.75) is 47.0 Å². The highest BCUT2D eigenvalue weighted by Crippen LogP contribution is 2.20. The number of hydrogen-bond donors (Lipinski definition) is 0. The summed E-state index contributed by atoms with van der Waals surface area (Å²) in [6, 6.07) is 0. The van der Waals surface area contributed by atoms with Crippen molar-refractivity contribution in [1.82, 2.24) is 25.1 Å². The Morgan fingerprint density at radius 2 is 2.14 bits per heavy atom. The molecule has 114 valence electrons. The summed E-state index contributed by atoms with van der Waals surface area (Å²) in [5.74, 6) is 0.902. The lowest BCUT2D eigenvalue weighted by Crippen LogP contribution is -2.34. The minimum atomic E-state index is 0.533. The van der Waals surface area contributed by atoms with E-state index in [1.807, 2.05) is 25.5 Å². The minimum absolute atomic E-state index is 0.533. The summed E-state index contributed by atoms with van der Waals surface area (Å²) >= 11 is 0. The first-order chi connectivity index (χ1) is 10.2. The van der Waals surface area contributed by atoms with Crippen molar-refractivity contribution >= 4 is 0 Å². The van der Waals surface area contributed by atoms with Crippen molar-refractivity contribution in [3.05, 3.63) is 28.4 Å². The topological polar surface area (TPSA) is 69.2 Å². The summed E-state index contributed by atoms with van der Waals surface area (Å²) < 4.78 is 12.7. The first-order valence-corrected chi connectivity index (χ1v) is 7.32. The normalized spacial score (nSPS) is 15.4. The van der Waals surface area contributed by atoms with Crippen molar-refractivity contribution < 1.29 is 9.26 Å². The molecule has 1 aliphatic rings. The molecule has 7 nitrogen and oxygen atoms in total. The maximum atomic E-state index is 5.46. The molecular formula is C14H21N5O2. The molecule has 0 aliphatic carbocycles. The molecule has 2 aromatic heterocycles. The number of nitrogens with zero attached hydrogens (tertiary/aromatic N) is 5. The van der Waals surface area contributed by atoms with Crippen molar-refractivity contribution in [2.75, 3.05) is 13.2 Å². The van der Waals surface area contributed by atoms with Gasteiger partial charge >= 0.3 is 0 Å². The van der Waals surface area contributed by atoms with E-state index in [1.165, 1.54) is 5.56 Å². The van der Waals surface area contributed by atoms with Gasteiger partial charge in [0.05, 0.1) is 24.5 Å². The van der Waals surface area contributed by atoms with Gasteiger partial charge in [-0.2, -0.15) is 0 Å². The summed E-state index contributed by atoms with van der Waals surface area (Å²) in [5, 5.41) is 12.5. The third-order valence-electron chi connectivity index (χ3n) is 3.93. The van der Waals surface area contributed by atoms with E-state index in [1.54, 1.807) is 0 Å². The van der Waals surface area contributed by atoms with Crippen LogP contribution in [0.3, 0.4) is 0 Å². The van der Waals surface area contributed by atoms with Gasteiger partial charge in [-0.05, 0) is 20.8 Å². The van der Waals surface area contributed by atoms with Crippen LogP contribution in [-0.2, 0) is 31.0 Å². The minimum Gasteiger partial charge on any atom is -0.375 e. The van der Waals surface area contributed by atoms with Gasteiger partial charge in [0.2, 0.25) is 0 Å². The van der Waals surface area contributed by atoms with Crippen LogP contribution in [0.4, 0.5) is 0 Å². The molecule has 0 atom stereocenters. The highest BCUT2D eigenvalue weighted by atomic mass is 16.5. The Bertz CT molecular complexity index is 599. The molecular weight excluding hydrogens is 270 g/mol. The Hall–Kier alpha value is -1.73. The molecule has 0 amide bonds. The fourth-order valence-electron chi connectivity index (χ4n) is 2.65. The summed E-state index contributed by atoms with van der Waals surface area (Å²) in [6.45, 7) is 10.7. The molecule has 0 saturated carbocycles. The van der Waals surface area contributed by atoms with Crippen LogP contribution in [0, 0.1) is 13.8 Å². The summed E-state index contributed by atoms with van der Waals surface area (Å²) in [5.41, 5.74) is 4.25. The first kappa shape index (κ1) is 14.2. The molecule has 0 spiro atoms. The molecule has 7 heteroatoms. The van der Waals surface area contributed by atoms with Gasteiger partial charge in [0, 0.05) is 31.8 Å². The SMILES string of the molecule is CCOCc1nnn2c1CN(Cc1c(C)noc1C)CC2. The third-order valence-corrected chi connectivity index (χ3v) is 3.93. The Morgan fingerprint density at radius 1 is 1.29 bits per heavy atom. The van der Waals surface area contributed by atoms with Gasteiger partial charge in [-0.3, -0.25) is 4.90 Å². The van der Waals surface area contributed by atoms with Crippen LogP contribution >= 0.6 is 0 Å². The molecule has 0 unspecified atom stereocenters. The molecule has 0 N–H and O–H groups in total. The molecule has 0 saturated heterocycles. The lowest BCUT2D eigenvalue weighted by Gasteiger charge is -2.27. The fourth-order valence-corrected chi connectivity index (χ4v) is 2.65. The highest BCUT2D eigenvalue weighted by Gasteiger charge is 2.23. The molecule has 0 bridgehead atoms. The third kappa shape index (κ3) is 2.84. The van der Waals surface area contributed by atoms with Crippen LogP contribution < -0.4 is 0 Å². The fraction of sp³-hybridized carbons (Fsp3) is 0.643. The first-order valence-electron chi connectivity index (χ1n) is 7.32. The Kier molecular flexibility index (Phi) is 4.03. The van der Waals surface area contributed by atoms with Gasteiger partial charge in [0.25, 0.3) is 0 Å². The van der Waals surface area contributed by atoms with Crippen LogP contribution in [0.1, 0.15) is 35.3 Å². The maximum Gasteiger partial charge on any atom is 0.138 e. The second-order valence-corrected chi connectivity index (χ2v) is 5.36. The number of fused-ring (bicyclic) bond motifs is 1. The molecule has 21 heavy (non-hydrogen) atoms. The Morgan fingerprint density at radius 3 is 2.86 bits per heavy atom. The van der Waals surface area contributed by atoms with E-state index in [2.05, 4.69) is 20.4 Å². The highest BCUT2D eigenvalue weighted by molar-refractivity contribution is 5.21. The zero-order valence-electron chi connectivity index (χ0n) is 12.8. The Balaban J connectivity index is 1.73. The number of aromatic nitrogens is 4. The van der Waals surface area contributed by atoms with Crippen molar-refractivity contribution in [2.24, 2.45) is 0 Å². The zero-order chi connectivity index (χ0) is 14.8. The lowest BCUT2D eigenvalue weighted by molar-refractivity contribution is 0.128. The van der Waals surface area contributed by atoms with Crippen molar-refractivity contribution in [1.29, 1.82) is 0 Å². The van der Waals surface area contributed by atoms with Gasteiger partial charge in [-0.1, -0.05) is 10.4 Å². The summed E-state index contributed by atoms with van der Waals surface area (Å²) in [7, 11) is 0. The number of hydrogen-bond acceptors (Lipinski definition) is 6. The maximum absolute atomic E-state index is 5.46.